The normalized spacial score (nSPS) is 50.8. The molecule has 1 unspecified atom stereocenters. The van der Waals surface area contributed by atoms with E-state index in [9.17, 15) is 5.11 Å². The Morgan fingerprint density at radius 2 is 1.67 bits per heavy atom. The Morgan fingerprint density at radius 3 is 2.41 bits per heavy atom. The molecule has 0 bridgehead atoms. The van der Waals surface area contributed by atoms with Gasteiger partial charge in [-0.25, -0.2) is 0 Å². The third-order valence-electron chi connectivity index (χ3n) is 10.5. The summed E-state index contributed by atoms with van der Waals surface area (Å²) < 4.78 is 0. The van der Waals surface area contributed by atoms with Crippen LogP contribution in [0.2, 0.25) is 0 Å². The van der Waals surface area contributed by atoms with E-state index in [2.05, 4.69) is 34.6 Å². The van der Waals surface area contributed by atoms with Crippen molar-refractivity contribution in [3.63, 3.8) is 0 Å². The average molecular weight is 375 g/mol. The fraction of sp³-hybridized carbons (Fsp3) is 1.00. The summed E-state index contributed by atoms with van der Waals surface area (Å²) in [5.41, 5.74) is 0.985. The summed E-state index contributed by atoms with van der Waals surface area (Å²) in [6, 6.07) is 0. The van der Waals surface area contributed by atoms with Crippen molar-refractivity contribution >= 4 is 0 Å². The summed E-state index contributed by atoms with van der Waals surface area (Å²) in [5.74, 6) is 5.59. The molecule has 0 amide bonds. The van der Waals surface area contributed by atoms with Gasteiger partial charge in [0.05, 0.1) is 6.10 Å². The van der Waals surface area contributed by atoms with Crippen molar-refractivity contribution in [1.82, 2.24) is 0 Å². The number of fused-ring (bicyclic) bond motifs is 5. The monoisotopic (exact) mass is 374 g/mol. The second-order valence-corrected chi connectivity index (χ2v) is 12.2. The first-order chi connectivity index (χ1) is 12.8. The van der Waals surface area contributed by atoms with Crippen molar-refractivity contribution in [2.75, 3.05) is 0 Å². The molecule has 0 heterocycles. The first-order valence-corrected chi connectivity index (χ1v) is 12.5. The Kier molecular flexibility index (Phi) is 5.50. The van der Waals surface area contributed by atoms with E-state index in [1.165, 1.54) is 64.2 Å². The van der Waals surface area contributed by atoms with Crippen LogP contribution in [-0.4, -0.2) is 11.2 Å². The maximum Gasteiger partial charge on any atom is 0.0579 e. The van der Waals surface area contributed by atoms with E-state index in [1.54, 1.807) is 0 Å². The zero-order chi connectivity index (χ0) is 19.4. The van der Waals surface area contributed by atoms with E-state index in [0.717, 1.165) is 41.9 Å². The van der Waals surface area contributed by atoms with Gasteiger partial charge in [-0.05, 0) is 97.2 Å². The molecule has 4 saturated carbocycles. The number of hydrogen-bond donors (Lipinski definition) is 1. The maximum atomic E-state index is 11.3. The van der Waals surface area contributed by atoms with Crippen molar-refractivity contribution in [2.45, 2.75) is 111 Å². The van der Waals surface area contributed by atoms with Crippen LogP contribution < -0.4 is 0 Å². The largest absolute Gasteiger partial charge is 0.393 e. The van der Waals surface area contributed by atoms with E-state index in [-0.39, 0.29) is 6.10 Å². The lowest BCUT2D eigenvalue weighted by atomic mass is 9.44. The number of aliphatic hydroxyl groups is 1. The second kappa shape index (κ2) is 7.33. The van der Waals surface area contributed by atoms with Gasteiger partial charge in [0.25, 0.3) is 0 Å². The number of aliphatic hydroxyl groups excluding tert-OH is 1. The second-order valence-electron chi connectivity index (χ2n) is 12.2. The van der Waals surface area contributed by atoms with Crippen molar-refractivity contribution < 1.29 is 5.11 Å². The molecule has 4 fully saturated rings. The van der Waals surface area contributed by atoms with Crippen LogP contribution in [-0.2, 0) is 0 Å². The zero-order valence-corrected chi connectivity index (χ0v) is 18.8. The highest BCUT2D eigenvalue weighted by atomic mass is 16.3. The molecule has 0 aromatic heterocycles. The Balaban J connectivity index is 1.55. The molecule has 9 atom stereocenters. The summed E-state index contributed by atoms with van der Waals surface area (Å²) in [6.45, 7) is 12.5. The van der Waals surface area contributed by atoms with Gasteiger partial charge in [0, 0.05) is 0 Å². The number of hydrogen-bond acceptors (Lipinski definition) is 1. The van der Waals surface area contributed by atoms with Crippen LogP contribution in [0.25, 0.3) is 0 Å². The lowest BCUT2D eigenvalue weighted by Gasteiger charge is -2.61. The van der Waals surface area contributed by atoms with Gasteiger partial charge in [-0.2, -0.15) is 0 Å². The highest BCUT2D eigenvalue weighted by Gasteiger charge is 2.62. The fourth-order valence-electron chi connectivity index (χ4n) is 9.09. The molecule has 156 valence electrons. The SMILES string of the molecule is CC(C)CC[C@@H](C)[C@H]1C[C@@H](O)[C@H]2[C@@H]3CCC4CCCC[C@]4(C)[C@H]3CC[C@@]21C. The molecule has 0 aromatic rings. The van der Waals surface area contributed by atoms with Crippen LogP contribution in [0.15, 0.2) is 0 Å². The van der Waals surface area contributed by atoms with Crippen LogP contribution in [0, 0.1) is 52.3 Å². The molecule has 0 radical (unpaired) electrons. The first kappa shape index (κ1) is 20.2. The maximum absolute atomic E-state index is 11.3. The lowest BCUT2D eigenvalue weighted by molar-refractivity contribution is -0.130. The van der Waals surface area contributed by atoms with Gasteiger partial charge in [0.1, 0.15) is 0 Å². The minimum atomic E-state index is -0.0296. The molecule has 0 aromatic carbocycles. The summed E-state index contributed by atoms with van der Waals surface area (Å²) in [7, 11) is 0. The van der Waals surface area contributed by atoms with E-state index >= 15 is 0 Å². The molecule has 1 nitrogen and oxygen atoms in total. The van der Waals surface area contributed by atoms with Gasteiger partial charge in [-0.1, -0.05) is 60.3 Å². The summed E-state index contributed by atoms with van der Waals surface area (Å²) in [5, 5.41) is 11.3. The Morgan fingerprint density at radius 1 is 0.889 bits per heavy atom. The third kappa shape index (κ3) is 3.23. The first-order valence-electron chi connectivity index (χ1n) is 12.5. The van der Waals surface area contributed by atoms with Gasteiger partial charge in [0.15, 0.2) is 0 Å². The molecule has 0 spiro atoms. The molecule has 1 N–H and O–H groups in total. The van der Waals surface area contributed by atoms with Gasteiger partial charge in [-0.3, -0.25) is 0 Å². The summed E-state index contributed by atoms with van der Waals surface area (Å²) >= 11 is 0. The highest BCUT2D eigenvalue weighted by Crippen LogP contribution is 2.68. The predicted molar refractivity (Wildman–Crippen MR) is 114 cm³/mol. The van der Waals surface area contributed by atoms with Gasteiger partial charge in [-0.15, -0.1) is 0 Å². The minimum Gasteiger partial charge on any atom is -0.393 e. The molecule has 4 aliphatic carbocycles. The van der Waals surface area contributed by atoms with Crippen LogP contribution in [0.3, 0.4) is 0 Å². The Hall–Kier alpha value is -0.0400. The molecule has 0 aliphatic heterocycles. The van der Waals surface area contributed by atoms with Crippen LogP contribution in [0.4, 0.5) is 0 Å². The zero-order valence-electron chi connectivity index (χ0n) is 18.8. The lowest BCUT2D eigenvalue weighted by Crippen LogP contribution is -2.54. The molecular weight excluding hydrogens is 328 g/mol. The van der Waals surface area contributed by atoms with E-state index in [4.69, 9.17) is 0 Å². The quantitative estimate of drug-likeness (QED) is 0.557. The Labute approximate surface area is 169 Å². The van der Waals surface area contributed by atoms with Crippen LogP contribution in [0.1, 0.15) is 105 Å². The molecule has 1 heteroatoms. The average Bonchev–Trinajstić information content (AvgIpc) is 2.90. The minimum absolute atomic E-state index is 0.0296. The van der Waals surface area contributed by atoms with E-state index < -0.39 is 0 Å². The van der Waals surface area contributed by atoms with Gasteiger partial charge >= 0.3 is 0 Å². The Bertz CT molecular complexity index is 526. The van der Waals surface area contributed by atoms with Gasteiger partial charge < -0.3 is 5.11 Å². The fourth-order valence-corrected chi connectivity index (χ4v) is 9.09. The smallest absolute Gasteiger partial charge is 0.0579 e. The van der Waals surface area contributed by atoms with Crippen molar-refractivity contribution in [3.05, 3.63) is 0 Å². The molecule has 27 heavy (non-hydrogen) atoms. The van der Waals surface area contributed by atoms with Crippen LogP contribution in [0.5, 0.6) is 0 Å². The molecular formula is C26H46O. The van der Waals surface area contributed by atoms with E-state index in [0.29, 0.717) is 16.7 Å². The van der Waals surface area contributed by atoms with Crippen molar-refractivity contribution in [1.29, 1.82) is 0 Å². The molecule has 4 rings (SSSR count). The van der Waals surface area contributed by atoms with Crippen molar-refractivity contribution in [2.24, 2.45) is 52.3 Å². The van der Waals surface area contributed by atoms with Crippen LogP contribution >= 0.6 is 0 Å². The van der Waals surface area contributed by atoms with E-state index in [1.807, 2.05) is 0 Å². The third-order valence-corrected chi connectivity index (χ3v) is 10.5. The van der Waals surface area contributed by atoms with Crippen molar-refractivity contribution in [3.8, 4) is 0 Å². The topological polar surface area (TPSA) is 20.2 Å². The number of rotatable bonds is 4. The standard InChI is InChI=1S/C26H46O/c1-17(2)9-10-18(3)22-16-23(27)24-20-12-11-19-8-6-7-14-25(19,4)21(20)13-15-26(22,24)5/h17-24,27H,6-16H2,1-5H3/t18-,19?,20-,21+,22-,23-,24-,25+,26-/m1/s1. The summed E-state index contributed by atoms with van der Waals surface area (Å²) in [6.07, 6.45) is 15.3. The molecule has 4 aliphatic rings. The highest BCUT2D eigenvalue weighted by molar-refractivity contribution is 5.11. The molecule has 0 saturated heterocycles. The van der Waals surface area contributed by atoms with Gasteiger partial charge in [0.2, 0.25) is 0 Å². The predicted octanol–water partition coefficient (Wildman–Crippen LogP) is 7.08. The summed E-state index contributed by atoms with van der Waals surface area (Å²) in [4.78, 5) is 0.